The molecule has 1 amide bonds. The summed E-state index contributed by atoms with van der Waals surface area (Å²) in [5, 5.41) is 7.80. The number of nitrogens with zero attached hydrogens (tertiary/aromatic N) is 2. The van der Waals surface area contributed by atoms with Crippen molar-refractivity contribution in [3.8, 4) is 5.69 Å². The highest BCUT2D eigenvalue weighted by molar-refractivity contribution is 7.89. The Hall–Kier alpha value is -2.68. The number of halogens is 1. The van der Waals surface area contributed by atoms with Gasteiger partial charge in [-0.05, 0) is 56.2 Å². The molecular formula is C22H25ClN4O3S. The van der Waals surface area contributed by atoms with Crippen molar-refractivity contribution in [3.05, 3.63) is 76.6 Å². The van der Waals surface area contributed by atoms with Crippen LogP contribution in [-0.2, 0) is 23.0 Å². The summed E-state index contributed by atoms with van der Waals surface area (Å²) in [6.45, 7) is 5.66. The zero-order chi connectivity index (χ0) is 22.6. The fourth-order valence-corrected chi connectivity index (χ4v) is 4.72. The number of aromatic nitrogens is 2. The van der Waals surface area contributed by atoms with E-state index in [1.165, 1.54) is 12.3 Å². The fourth-order valence-electron chi connectivity index (χ4n) is 3.21. The molecule has 1 heterocycles. The van der Waals surface area contributed by atoms with Crippen LogP contribution in [0.1, 0.15) is 42.4 Å². The third kappa shape index (κ3) is 5.52. The van der Waals surface area contributed by atoms with Gasteiger partial charge in [0.15, 0.2) is 0 Å². The Labute approximate surface area is 187 Å². The molecule has 0 aliphatic heterocycles. The Balaban J connectivity index is 1.77. The van der Waals surface area contributed by atoms with Crippen LogP contribution in [0.4, 0.5) is 0 Å². The van der Waals surface area contributed by atoms with Gasteiger partial charge >= 0.3 is 0 Å². The molecule has 31 heavy (non-hydrogen) atoms. The second kappa shape index (κ2) is 9.64. The Bertz CT molecular complexity index is 1190. The molecule has 0 radical (unpaired) electrons. The van der Waals surface area contributed by atoms with E-state index in [4.69, 9.17) is 11.6 Å². The monoisotopic (exact) mass is 460 g/mol. The molecule has 0 atom stereocenters. The predicted octanol–water partition coefficient (Wildman–Crippen LogP) is 3.70. The topological polar surface area (TPSA) is 93.1 Å². The van der Waals surface area contributed by atoms with E-state index in [1.54, 1.807) is 48.9 Å². The van der Waals surface area contributed by atoms with Crippen LogP contribution >= 0.6 is 11.6 Å². The zero-order valence-corrected chi connectivity index (χ0v) is 19.2. The molecule has 1 aromatic heterocycles. The summed E-state index contributed by atoms with van der Waals surface area (Å²) in [7, 11) is -3.60. The van der Waals surface area contributed by atoms with Crippen molar-refractivity contribution >= 4 is 27.5 Å². The van der Waals surface area contributed by atoms with Crippen LogP contribution in [-0.4, -0.2) is 30.1 Å². The van der Waals surface area contributed by atoms with Crippen molar-refractivity contribution in [2.45, 2.75) is 44.7 Å². The number of benzene rings is 2. The van der Waals surface area contributed by atoms with Gasteiger partial charge in [-0.3, -0.25) is 4.79 Å². The van der Waals surface area contributed by atoms with E-state index < -0.39 is 10.0 Å². The standard InChI is InChI=1S/C22H25ClN4O3S/c1-4-21-20(14-25-27(21)18-9-6-8-17(23)12-18)22(28)24-13-16-7-5-10-19(11-16)31(29,30)26-15(2)3/h5-12,14-15,26H,4,13H2,1-3H3,(H,24,28). The minimum Gasteiger partial charge on any atom is -0.348 e. The van der Waals surface area contributed by atoms with Gasteiger partial charge in [0.2, 0.25) is 10.0 Å². The molecule has 9 heteroatoms. The Kier molecular flexibility index (Phi) is 7.15. The first-order valence-corrected chi connectivity index (χ1v) is 11.8. The van der Waals surface area contributed by atoms with Gasteiger partial charge in [0.25, 0.3) is 5.91 Å². The lowest BCUT2D eigenvalue weighted by atomic mass is 10.1. The van der Waals surface area contributed by atoms with Gasteiger partial charge < -0.3 is 5.32 Å². The van der Waals surface area contributed by atoms with E-state index in [0.717, 1.165) is 11.4 Å². The lowest BCUT2D eigenvalue weighted by Crippen LogP contribution is -2.30. The average molecular weight is 461 g/mol. The van der Waals surface area contributed by atoms with Gasteiger partial charge in [0, 0.05) is 17.6 Å². The smallest absolute Gasteiger partial charge is 0.255 e. The van der Waals surface area contributed by atoms with E-state index >= 15 is 0 Å². The fraction of sp³-hybridized carbons (Fsp3) is 0.273. The van der Waals surface area contributed by atoms with Gasteiger partial charge in [-0.1, -0.05) is 36.7 Å². The Morgan fingerprint density at radius 1 is 1.16 bits per heavy atom. The number of carbonyl (C=O) groups is 1. The van der Waals surface area contributed by atoms with Gasteiger partial charge in [0.1, 0.15) is 0 Å². The number of carbonyl (C=O) groups excluding carboxylic acids is 1. The molecule has 0 aliphatic rings. The normalized spacial score (nSPS) is 11.6. The molecule has 0 aliphatic carbocycles. The first kappa shape index (κ1) is 23.0. The maximum Gasteiger partial charge on any atom is 0.255 e. The van der Waals surface area contributed by atoms with Crippen molar-refractivity contribution < 1.29 is 13.2 Å². The molecular weight excluding hydrogens is 436 g/mol. The second-order valence-corrected chi connectivity index (χ2v) is 9.51. The number of amides is 1. The molecule has 7 nitrogen and oxygen atoms in total. The van der Waals surface area contributed by atoms with Crippen LogP contribution in [0.2, 0.25) is 5.02 Å². The molecule has 0 fully saturated rings. The minimum atomic E-state index is -3.60. The van der Waals surface area contributed by atoms with Gasteiger partial charge in [-0.2, -0.15) is 5.10 Å². The van der Waals surface area contributed by atoms with E-state index in [2.05, 4.69) is 15.1 Å². The summed E-state index contributed by atoms with van der Waals surface area (Å²) in [6.07, 6.45) is 2.13. The largest absolute Gasteiger partial charge is 0.348 e. The van der Waals surface area contributed by atoms with E-state index in [-0.39, 0.29) is 23.4 Å². The maximum atomic E-state index is 12.8. The third-order valence-electron chi connectivity index (χ3n) is 4.55. The highest BCUT2D eigenvalue weighted by Gasteiger charge is 2.18. The summed E-state index contributed by atoms with van der Waals surface area (Å²) in [5.74, 6) is -0.279. The minimum absolute atomic E-state index is 0.163. The molecule has 0 saturated heterocycles. The molecule has 0 unspecified atom stereocenters. The molecule has 2 aromatic carbocycles. The molecule has 3 rings (SSSR count). The molecule has 0 bridgehead atoms. The lowest BCUT2D eigenvalue weighted by molar-refractivity contribution is 0.0950. The van der Waals surface area contributed by atoms with Crippen LogP contribution in [0.5, 0.6) is 0 Å². The van der Waals surface area contributed by atoms with Crippen LogP contribution in [0.15, 0.2) is 59.6 Å². The molecule has 0 spiro atoms. The number of rotatable bonds is 8. The summed E-state index contributed by atoms with van der Waals surface area (Å²) in [4.78, 5) is 13.0. The second-order valence-electron chi connectivity index (χ2n) is 7.36. The third-order valence-corrected chi connectivity index (χ3v) is 6.45. The van der Waals surface area contributed by atoms with E-state index in [1.807, 2.05) is 19.1 Å². The number of hydrogen-bond donors (Lipinski definition) is 2. The quantitative estimate of drug-likeness (QED) is 0.536. The van der Waals surface area contributed by atoms with E-state index in [9.17, 15) is 13.2 Å². The average Bonchev–Trinajstić information content (AvgIpc) is 3.15. The maximum absolute atomic E-state index is 12.8. The van der Waals surface area contributed by atoms with Crippen LogP contribution < -0.4 is 10.0 Å². The first-order valence-electron chi connectivity index (χ1n) is 9.93. The van der Waals surface area contributed by atoms with Crippen LogP contribution in [0.25, 0.3) is 5.69 Å². The van der Waals surface area contributed by atoms with Gasteiger partial charge in [0.05, 0.1) is 28.0 Å². The molecule has 164 valence electrons. The van der Waals surface area contributed by atoms with Crippen molar-refractivity contribution in [1.82, 2.24) is 19.8 Å². The van der Waals surface area contributed by atoms with Crippen LogP contribution in [0.3, 0.4) is 0 Å². The first-order chi connectivity index (χ1) is 14.7. The Morgan fingerprint density at radius 2 is 1.90 bits per heavy atom. The van der Waals surface area contributed by atoms with Crippen molar-refractivity contribution in [2.24, 2.45) is 0 Å². The Morgan fingerprint density at radius 3 is 2.58 bits per heavy atom. The van der Waals surface area contributed by atoms with Crippen molar-refractivity contribution in [2.75, 3.05) is 0 Å². The summed E-state index contributed by atoms with van der Waals surface area (Å²) >= 11 is 6.08. The zero-order valence-electron chi connectivity index (χ0n) is 17.6. The number of hydrogen-bond acceptors (Lipinski definition) is 4. The lowest BCUT2D eigenvalue weighted by Gasteiger charge is -2.11. The van der Waals surface area contributed by atoms with Gasteiger partial charge in [-0.15, -0.1) is 0 Å². The molecule has 0 saturated carbocycles. The van der Waals surface area contributed by atoms with E-state index in [0.29, 0.717) is 22.6 Å². The summed E-state index contributed by atoms with van der Waals surface area (Å²) in [6, 6.07) is 13.6. The van der Waals surface area contributed by atoms with Crippen molar-refractivity contribution in [3.63, 3.8) is 0 Å². The summed E-state index contributed by atoms with van der Waals surface area (Å²) < 4.78 is 29.0. The molecule has 3 aromatic rings. The highest BCUT2D eigenvalue weighted by atomic mass is 35.5. The predicted molar refractivity (Wildman–Crippen MR) is 121 cm³/mol. The van der Waals surface area contributed by atoms with Crippen molar-refractivity contribution in [1.29, 1.82) is 0 Å². The SMILES string of the molecule is CCc1c(C(=O)NCc2cccc(S(=O)(=O)NC(C)C)c2)cnn1-c1cccc(Cl)c1. The highest BCUT2D eigenvalue weighted by Crippen LogP contribution is 2.19. The molecule has 2 N–H and O–H groups in total. The van der Waals surface area contributed by atoms with Crippen LogP contribution in [0, 0.1) is 0 Å². The number of sulfonamides is 1. The summed E-state index contributed by atoms with van der Waals surface area (Å²) in [5.41, 5.74) is 2.68. The van der Waals surface area contributed by atoms with Gasteiger partial charge in [-0.25, -0.2) is 17.8 Å². The number of nitrogens with one attached hydrogen (secondary N) is 2.